The molecule has 1 rings (SSSR count). The van der Waals surface area contributed by atoms with Crippen molar-refractivity contribution >= 4 is 27.5 Å². The molecule has 1 aromatic carbocycles. The molecule has 1 aromatic rings. The fourth-order valence-corrected chi connectivity index (χ4v) is 2.53. The van der Waals surface area contributed by atoms with E-state index in [4.69, 9.17) is 5.73 Å². The zero-order valence-corrected chi connectivity index (χ0v) is 16.7. The molecule has 0 spiro atoms. The molecule has 0 saturated heterocycles. The fourth-order valence-electron chi connectivity index (χ4n) is 1.81. The molecule has 2 amide bonds. The number of allylic oxidation sites excluding steroid dienone is 2. The van der Waals surface area contributed by atoms with Gasteiger partial charge in [0, 0.05) is 22.5 Å². The number of amides is 2. The van der Waals surface area contributed by atoms with E-state index in [9.17, 15) is 18.0 Å². The Balaban J connectivity index is 2.85. The number of primary amides is 1. The Kier molecular flexibility index (Phi) is 7.13. The van der Waals surface area contributed by atoms with Gasteiger partial charge in [-0.25, -0.2) is 8.42 Å². The van der Waals surface area contributed by atoms with Crippen molar-refractivity contribution in [2.24, 2.45) is 5.73 Å². The van der Waals surface area contributed by atoms with Crippen LogP contribution in [0.4, 0.5) is 5.69 Å². The second-order valence-electron chi connectivity index (χ2n) is 6.72. The van der Waals surface area contributed by atoms with Crippen molar-refractivity contribution in [2.45, 2.75) is 32.4 Å². The van der Waals surface area contributed by atoms with Crippen LogP contribution in [0, 0.1) is 0 Å². The van der Waals surface area contributed by atoms with Crippen molar-refractivity contribution in [1.82, 2.24) is 4.72 Å². The molecular formula is C19H25N3O4S. The average Bonchev–Trinajstić information content (AvgIpc) is 2.54. The zero-order valence-electron chi connectivity index (χ0n) is 15.9. The highest BCUT2D eigenvalue weighted by molar-refractivity contribution is 7.90. The average molecular weight is 391 g/mol. The van der Waals surface area contributed by atoms with Gasteiger partial charge in [-0.2, -0.15) is 0 Å². The van der Waals surface area contributed by atoms with Crippen molar-refractivity contribution in [1.29, 1.82) is 0 Å². The van der Waals surface area contributed by atoms with Crippen molar-refractivity contribution in [2.75, 3.05) is 5.32 Å². The predicted molar refractivity (Wildman–Crippen MR) is 107 cm³/mol. The summed E-state index contributed by atoms with van der Waals surface area (Å²) in [6.45, 7) is 10.0. The van der Waals surface area contributed by atoms with Crippen LogP contribution in [0.3, 0.4) is 0 Å². The smallest absolute Gasteiger partial charge is 0.255 e. The van der Waals surface area contributed by atoms with Gasteiger partial charge < -0.3 is 11.1 Å². The van der Waals surface area contributed by atoms with Crippen LogP contribution in [0.1, 0.15) is 38.1 Å². The van der Waals surface area contributed by atoms with Crippen molar-refractivity contribution in [3.8, 4) is 0 Å². The molecule has 0 aliphatic heterocycles. The minimum Gasteiger partial charge on any atom is -0.366 e. The molecule has 8 heteroatoms. The molecule has 0 radical (unpaired) electrons. The first-order valence-corrected chi connectivity index (χ1v) is 9.62. The highest BCUT2D eigenvalue weighted by Crippen LogP contribution is 2.15. The summed E-state index contributed by atoms with van der Waals surface area (Å²) in [4.78, 5) is 23.6. The molecule has 0 atom stereocenters. The van der Waals surface area contributed by atoms with Crippen LogP contribution in [0.5, 0.6) is 0 Å². The third-order valence-corrected chi connectivity index (χ3v) is 5.66. The second-order valence-corrected chi connectivity index (χ2v) is 9.16. The van der Waals surface area contributed by atoms with E-state index < -0.39 is 26.6 Å². The van der Waals surface area contributed by atoms with E-state index in [-0.39, 0.29) is 16.8 Å². The minimum atomic E-state index is -3.60. The molecule has 7 nitrogen and oxygen atoms in total. The number of nitrogens with one attached hydrogen (secondary N) is 2. The molecule has 0 heterocycles. The van der Waals surface area contributed by atoms with E-state index in [1.165, 1.54) is 18.2 Å². The highest BCUT2D eigenvalue weighted by atomic mass is 32.2. The Morgan fingerprint density at radius 1 is 1.19 bits per heavy atom. The van der Waals surface area contributed by atoms with Gasteiger partial charge in [-0.3, -0.25) is 14.3 Å². The van der Waals surface area contributed by atoms with Crippen LogP contribution >= 0.6 is 0 Å². The monoisotopic (exact) mass is 391 g/mol. The predicted octanol–water partition coefficient (Wildman–Crippen LogP) is 2.46. The Morgan fingerprint density at radius 2 is 1.81 bits per heavy atom. The van der Waals surface area contributed by atoms with E-state index in [0.29, 0.717) is 5.69 Å². The number of carbonyl (C=O) groups is 2. The number of rotatable bonds is 7. The van der Waals surface area contributed by atoms with E-state index >= 15 is 0 Å². The lowest BCUT2D eigenvalue weighted by atomic mass is 10.1. The second kappa shape index (κ2) is 8.68. The molecule has 0 aliphatic carbocycles. The van der Waals surface area contributed by atoms with Crippen LogP contribution in [-0.4, -0.2) is 25.0 Å². The van der Waals surface area contributed by atoms with Gasteiger partial charge in [-0.15, -0.1) is 0 Å². The molecule has 146 valence electrons. The summed E-state index contributed by atoms with van der Waals surface area (Å²) >= 11 is 0. The maximum absolute atomic E-state index is 12.4. The molecule has 0 aliphatic rings. The number of benzene rings is 1. The topological polar surface area (TPSA) is 118 Å². The molecule has 0 fully saturated rings. The zero-order chi connectivity index (χ0) is 20.8. The van der Waals surface area contributed by atoms with Crippen LogP contribution in [0.15, 0.2) is 60.3 Å². The fraction of sp³-hybridized carbons (Fsp3) is 0.263. The lowest BCUT2D eigenvalue weighted by Crippen LogP contribution is -2.38. The van der Waals surface area contributed by atoms with Crippen molar-refractivity contribution < 1.29 is 18.0 Å². The highest BCUT2D eigenvalue weighted by Gasteiger charge is 2.28. The number of sulfonamides is 1. The van der Waals surface area contributed by atoms with Gasteiger partial charge in [-0.05, 0) is 58.0 Å². The van der Waals surface area contributed by atoms with Gasteiger partial charge in [-0.1, -0.05) is 18.7 Å². The Morgan fingerprint density at radius 3 is 2.33 bits per heavy atom. The molecule has 0 aromatic heterocycles. The Bertz CT molecular complexity index is 907. The van der Waals surface area contributed by atoms with Gasteiger partial charge >= 0.3 is 0 Å². The number of anilines is 1. The summed E-state index contributed by atoms with van der Waals surface area (Å²) in [6.07, 6.45) is 4.41. The van der Waals surface area contributed by atoms with Crippen LogP contribution in [0.2, 0.25) is 0 Å². The van der Waals surface area contributed by atoms with Gasteiger partial charge in [0.25, 0.3) is 5.91 Å². The molecule has 27 heavy (non-hydrogen) atoms. The van der Waals surface area contributed by atoms with Crippen molar-refractivity contribution in [3.63, 3.8) is 0 Å². The maximum Gasteiger partial charge on any atom is 0.255 e. The first kappa shape index (κ1) is 22.2. The number of carbonyl (C=O) groups excluding carboxylic acids is 2. The SMILES string of the molecule is C=C(/C=C\C(=C/C)C(=O)Nc1cccc(C(N)=O)c1)NS(=O)(=O)C(C)(C)C. The number of nitrogens with two attached hydrogens (primary N) is 1. The number of hydrogen-bond acceptors (Lipinski definition) is 4. The third-order valence-electron chi connectivity index (χ3n) is 3.51. The Hall–Kier alpha value is -2.87. The summed E-state index contributed by atoms with van der Waals surface area (Å²) in [6, 6.07) is 6.23. The molecular weight excluding hydrogens is 366 g/mol. The minimum absolute atomic E-state index is 0.132. The van der Waals surface area contributed by atoms with Crippen LogP contribution < -0.4 is 15.8 Å². The summed E-state index contributed by atoms with van der Waals surface area (Å²) in [7, 11) is -3.60. The maximum atomic E-state index is 12.4. The van der Waals surface area contributed by atoms with Gasteiger partial charge in [0.05, 0.1) is 4.75 Å². The summed E-state index contributed by atoms with van der Waals surface area (Å²) in [5.74, 6) is -1.03. The van der Waals surface area contributed by atoms with Gasteiger partial charge in [0.15, 0.2) is 0 Å². The van der Waals surface area contributed by atoms with Crippen molar-refractivity contribution in [3.05, 3.63) is 65.9 Å². The summed E-state index contributed by atoms with van der Waals surface area (Å²) in [5.41, 5.74) is 6.33. The van der Waals surface area contributed by atoms with E-state index in [2.05, 4.69) is 16.6 Å². The first-order valence-electron chi connectivity index (χ1n) is 8.14. The first-order chi connectivity index (χ1) is 12.4. The van der Waals surface area contributed by atoms with Gasteiger partial charge in [0.1, 0.15) is 0 Å². The largest absolute Gasteiger partial charge is 0.366 e. The summed E-state index contributed by atoms with van der Waals surface area (Å²) in [5, 5.41) is 2.65. The normalized spacial score (nSPS) is 12.7. The Labute approximate surface area is 160 Å². The van der Waals surface area contributed by atoms with E-state index in [0.717, 1.165) is 0 Å². The lowest BCUT2D eigenvalue weighted by molar-refractivity contribution is -0.112. The van der Waals surface area contributed by atoms with Crippen LogP contribution in [0.25, 0.3) is 0 Å². The van der Waals surface area contributed by atoms with E-state index in [1.807, 2.05) is 0 Å². The quantitative estimate of drug-likeness (QED) is 0.489. The molecule has 0 unspecified atom stereocenters. The van der Waals surface area contributed by atoms with Gasteiger partial charge in [0.2, 0.25) is 15.9 Å². The standard InChI is InChI=1S/C19H25N3O4S/c1-6-14(11-10-13(2)22-27(25,26)19(3,4)5)18(24)21-16-9-7-8-15(12-16)17(20)23/h6-12,22H,2H2,1,3-5H3,(H2,20,23)(H,21,24)/b11-10-,14-6+. The lowest BCUT2D eigenvalue weighted by Gasteiger charge is -2.20. The molecule has 0 saturated carbocycles. The van der Waals surface area contributed by atoms with Crippen LogP contribution in [-0.2, 0) is 14.8 Å². The third kappa shape index (κ3) is 6.41. The summed E-state index contributed by atoms with van der Waals surface area (Å²) < 4.78 is 25.6. The number of hydrogen-bond donors (Lipinski definition) is 3. The molecule has 4 N–H and O–H groups in total. The van der Waals surface area contributed by atoms with E-state index in [1.54, 1.807) is 52.0 Å². The molecule has 0 bridgehead atoms.